The molecule has 3 amide bonds. The van der Waals surface area contributed by atoms with E-state index in [0.29, 0.717) is 50.2 Å². The van der Waals surface area contributed by atoms with Crippen LogP contribution in [-0.4, -0.2) is 95.2 Å². The predicted octanol–water partition coefficient (Wildman–Crippen LogP) is 1.90. The van der Waals surface area contributed by atoms with Crippen LogP contribution in [0.4, 0.5) is 0 Å². The number of carbonyl (C=O) groups is 3. The van der Waals surface area contributed by atoms with Gasteiger partial charge in [-0.1, -0.05) is 6.07 Å². The van der Waals surface area contributed by atoms with Gasteiger partial charge in [0, 0.05) is 45.3 Å². The molecule has 8 heteroatoms. The number of rotatable bonds is 4. The Balaban J connectivity index is 1.29. The maximum absolute atomic E-state index is 13.1. The SMILES string of the molecule is CC1CCCCN1C(=O)CN1CCN(C(=O)[C@@H]2CCCN2C(=O)c2cccs2)CC1. The molecule has 4 heterocycles. The molecule has 1 unspecified atom stereocenters. The van der Waals surface area contributed by atoms with Gasteiger partial charge >= 0.3 is 0 Å². The molecule has 0 aromatic carbocycles. The van der Waals surface area contributed by atoms with E-state index in [-0.39, 0.29) is 23.8 Å². The van der Waals surface area contributed by atoms with E-state index < -0.39 is 0 Å². The first-order chi connectivity index (χ1) is 14.5. The highest BCUT2D eigenvalue weighted by molar-refractivity contribution is 7.12. The van der Waals surface area contributed by atoms with E-state index in [2.05, 4.69) is 11.8 Å². The average molecular weight is 433 g/mol. The molecule has 1 aromatic heterocycles. The summed E-state index contributed by atoms with van der Waals surface area (Å²) in [6.45, 7) is 6.77. The minimum absolute atomic E-state index is 0.0271. The van der Waals surface area contributed by atoms with Gasteiger partial charge in [0.2, 0.25) is 11.8 Å². The highest BCUT2D eigenvalue weighted by atomic mass is 32.1. The fraction of sp³-hybridized carbons (Fsp3) is 0.682. The Morgan fingerprint density at radius 3 is 2.43 bits per heavy atom. The van der Waals surface area contributed by atoms with Crippen molar-refractivity contribution < 1.29 is 14.4 Å². The van der Waals surface area contributed by atoms with Crippen molar-refractivity contribution >= 4 is 29.1 Å². The summed E-state index contributed by atoms with van der Waals surface area (Å²) < 4.78 is 0. The maximum Gasteiger partial charge on any atom is 0.264 e. The Kier molecular flexibility index (Phi) is 6.73. The molecule has 3 aliphatic rings. The minimum atomic E-state index is -0.345. The van der Waals surface area contributed by atoms with Gasteiger partial charge in [0.25, 0.3) is 5.91 Å². The van der Waals surface area contributed by atoms with Crippen molar-refractivity contribution in [2.75, 3.05) is 45.8 Å². The summed E-state index contributed by atoms with van der Waals surface area (Å²) in [5.74, 6) is 0.249. The van der Waals surface area contributed by atoms with E-state index in [1.165, 1.54) is 17.8 Å². The molecule has 4 rings (SSSR count). The van der Waals surface area contributed by atoms with Gasteiger partial charge in [0.1, 0.15) is 6.04 Å². The van der Waals surface area contributed by atoms with E-state index in [1.807, 2.05) is 27.3 Å². The van der Waals surface area contributed by atoms with Crippen LogP contribution in [0.15, 0.2) is 17.5 Å². The normalized spacial score (nSPS) is 25.6. The molecule has 0 radical (unpaired) electrons. The van der Waals surface area contributed by atoms with Crippen LogP contribution < -0.4 is 0 Å². The van der Waals surface area contributed by atoms with Gasteiger partial charge in [-0.3, -0.25) is 19.3 Å². The first-order valence-electron chi connectivity index (χ1n) is 11.2. The lowest BCUT2D eigenvalue weighted by Crippen LogP contribution is -2.56. The number of likely N-dealkylation sites (tertiary alicyclic amines) is 2. The Hall–Kier alpha value is -1.93. The summed E-state index contributed by atoms with van der Waals surface area (Å²) in [4.78, 5) is 47.1. The van der Waals surface area contributed by atoms with Crippen LogP contribution in [-0.2, 0) is 9.59 Å². The van der Waals surface area contributed by atoms with Crippen molar-refractivity contribution in [3.05, 3.63) is 22.4 Å². The molecule has 3 saturated heterocycles. The van der Waals surface area contributed by atoms with Gasteiger partial charge in [0.15, 0.2) is 0 Å². The molecule has 0 spiro atoms. The number of amides is 3. The number of piperidine rings is 1. The standard InChI is InChI=1S/C22H32N4O3S/c1-17-6-2-3-9-25(17)20(27)16-23-11-13-24(14-12-23)21(28)18-7-4-10-26(18)22(29)19-8-5-15-30-19/h5,8,15,17-18H,2-4,6-7,9-14,16H2,1H3/t17?,18-/m0/s1. The van der Waals surface area contributed by atoms with E-state index in [0.717, 1.165) is 32.2 Å². The van der Waals surface area contributed by atoms with Crippen molar-refractivity contribution in [1.82, 2.24) is 19.6 Å². The van der Waals surface area contributed by atoms with E-state index in [9.17, 15) is 14.4 Å². The second kappa shape index (κ2) is 9.47. The molecule has 0 saturated carbocycles. The quantitative estimate of drug-likeness (QED) is 0.729. The maximum atomic E-state index is 13.1. The average Bonchev–Trinajstić information content (AvgIpc) is 3.46. The predicted molar refractivity (Wildman–Crippen MR) is 116 cm³/mol. The van der Waals surface area contributed by atoms with Gasteiger partial charge in [-0.15, -0.1) is 11.3 Å². The van der Waals surface area contributed by atoms with Crippen molar-refractivity contribution in [3.63, 3.8) is 0 Å². The van der Waals surface area contributed by atoms with Crippen molar-refractivity contribution in [2.45, 2.75) is 51.1 Å². The number of thiophene rings is 1. The van der Waals surface area contributed by atoms with Gasteiger partial charge in [-0.2, -0.15) is 0 Å². The zero-order valence-corrected chi connectivity index (χ0v) is 18.6. The Labute approximate surface area is 182 Å². The summed E-state index contributed by atoms with van der Waals surface area (Å²) in [5.41, 5.74) is 0. The molecule has 3 aliphatic heterocycles. The molecule has 3 fully saturated rings. The van der Waals surface area contributed by atoms with E-state index >= 15 is 0 Å². The monoisotopic (exact) mass is 432 g/mol. The first kappa shape index (κ1) is 21.3. The summed E-state index contributed by atoms with van der Waals surface area (Å²) in [7, 11) is 0. The molecular weight excluding hydrogens is 400 g/mol. The first-order valence-corrected chi connectivity index (χ1v) is 12.1. The van der Waals surface area contributed by atoms with Crippen molar-refractivity contribution in [3.8, 4) is 0 Å². The van der Waals surface area contributed by atoms with Crippen molar-refractivity contribution in [1.29, 1.82) is 0 Å². The molecule has 164 valence electrons. The molecule has 0 aliphatic carbocycles. The number of carbonyl (C=O) groups excluding carboxylic acids is 3. The number of piperazine rings is 1. The number of nitrogens with zero attached hydrogens (tertiary/aromatic N) is 4. The smallest absolute Gasteiger partial charge is 0.264 e. The van der Waals surface area contributed by atoms with E-state index in [1.54, 1.807) is 4.90 Å². The molecule has 1 aromatic rings. The number of hydrogen-bond donors (Lipinski definition) is 0. The van der Waals surface area contributed by atoms with Gasteiger partial charge in [-0.25, -0.2) is 0 Å². The van der Waals surface area contributed by atoms with Crippen LogP contribution >= 0.6 is 11.3 Å². The Morgan fingerprint density at radius 1 is 0.967 bits per heavy atom. The molecular formula is C22H32N4O3S. The molecule has 2 atom stereocenters. The van der Waals surface area contributed by atoms with Crippen molar-refractivity contribution in [2.24, 2.45) is 0 Å². The molecule has 7 nitrogen and oxygen atoms in total. The topological polar surface area (TPSA) is 64.2 Å². The second-order valence-electron chi connectivity index (χ2n) is 8.67. The summed E-state index contributed by atoms with van der Waals surface area (Å²) in [5, 5.41) is 1.89. The summed E-state index contributed by atoms with van der Waals surface area (Å²) in [6.07, 6.45) is 5.01. The lowest BCUT2D eigenvalue weighted by Gasteiger charge is -2.39. The molecule has 30 heavy (non-hydrogen) atoms. The fourth-order valence-electron chi connectivity index (χ4n) is 4.90. The fourth-order valence-corrected chi connectivity index (χ4v) is 5.58. The van der Waals surface area contributed by atoms with Gasteiger partial charge in [-0.05, 0) is 50.5 Å². The zero-order chi connectivity index (χ0) is 21.1. The summed E-state index contributed by atoms with van der Waals surface area (Å²) >= 11 is 1.43. The van der Waals surface area contributed by atoms with E-state index in [4.69, 9.17) is 0 Å². The Morgan fingerprint density at radius 2 is 1.73 bits per heavy atom. The largest absolute Gasteiger partial charge is 0.339 e. The lowest BCUT2D eigenvalue weighted by atomic mass is 10.0. The minimum Gasteiger partial charge on any atom is -0.339 e. The Bertz CT molecular complexity index is 760. The highest BCUT2D eigenvalue weighted by Gasteiger charge is 2.38. The van der Waals surface area contributed by atoms with Crippen LogP contribution in [0, 0.1) is 0 Å². The third kappa shape index (κ3) is 4.54. The zero-order valence-electron chi connectivity index (χ0n) is 17.8. The number of hydrogen-bond acceptors (Lipinski definition) is 5. The van der Waals surface area contributed by atoms with Crippen LogP contribution in [0.25, 0.3) is 0 Å². The van der Waals surface area contributed by atoms with Crippen LogP contribution in [0.3, 0.4) is 0 Å². The highest BCUT2D eigenvalue weighted by Crippen LogP contribution is 2.24. The molecule has 0 N–H and O–H groups in total. The summed E-state index contributed by atoms with van der Waals surface area (Å²) in [6, 6.07) is 3.69. The molecule has 0 bridgehead atoms. The van der Waals surface area contributed by atoms with Gasteiger partial charge < -0.3 is 14.7 Å². The van der Waals surface area contributed by atoms with Crippen LogP contribution in [0.1, 0.15) is 48.7 Å². The third-order valence-electron chi connectivity index (χ3n) is 6.70. The van der Waals surface area contributed by atoms with Crippen LogP contribution in [0.5, 0.6) is 0 Å². The lowest BCUT2D eigenvalue weighted by molar-refractivity contribution is -0.139. The second-order valence-corrected chi connectivity index (χ2v) is 9.61. The van der Waals surface area contributed by atoms with Crippen LogP contribution in [0.2, 0.25) is 0 Å². The van der Waals surface area contributed by atoms with Gasteiger partial charge in [0.05, 0.1) is 11.4 Å². The third-order valence-corrected chi connectivity index (χ3v) is 7.55.